The lowest BCUT2D eigenvalue weighted by Crippen LogP contribution is -2.31. The van der Waals surface area contributed by atoms with Crippen molar-refractivity contribution < 1.29 is 9.52 Å². The van der Waals surface area contributed by atoms with Crippen LogP contribution in [-0.2, 0) is 6.54 Å². The van der Waals surface area contributed by atoms with Crippen molar-refractivity contribution in [2.75, 3.05) is 19.6 Å². The first kappa shape index (κ1) is 23.4. The maximum Gasteiger partial charge on any atom is 0.134 e. The summed E-state index contributed by atoms with van der Waals surface area (Å²) in [7, 11) is 0. The normalized spacial score (nSPS) is 11.5. The summed E-state index contributed by atoms with van der Waals surface area (Å²) in [6.07, 6.45) is -0.304. The number of nitrogens with one attached hydrogen (secondary N) is 2. The highest BCUT2D eigenvalue weighted by Crippen LogP contribution is 2.27. The van der Waals surface area contributed by atoms with Crippen molar-refractivity contribution in [3.8, 4) is 11.3 Å². The van der Waals surface area contributed by atoms with Crippen molar-refractivity contribution in [3.05, 3.63) is 46.1 Å². The highest BCUT2D eigenvalue weighted by atomic mass is 79.9. The molecule has 0 aliphatic heterocycles. The van der Waals surface area contributed by atoms with Gasteiger partial charge < -0.3 is 20.2 Å². The van der Waals surface area contributed by atoms with Crippen molar-refractivity contribution >= 4 is 40.7 Å². The van der Waals surface area contributed by atoms with Gasteiger partial charge in [0.2, 0.25) is 0 Å². The smallest absolute Gasteiger partial charge is 0.134 e. The standard InChI is InChI=1S/C17H23BrN2O2.2ClH/c1-12-9-14(18)3-5-16(12)17-6-4-15(22-17)11-20-8-7-19-10-13(2)21;;/h3-6,9,13,19-21H,7-8,10-11H2,1-2H3;2*1H. The van der Waals surface area contributed by atoms with Crippen LogP contribution in [0.5, 0.6) is 0 Å². The Balaban J connectivity index is 0.00000264. The number of furan rings is 1. The zero-order valence-electron chi connectivity index (χ0n) is 13.8. The lowest BCUT2D eigenvalue weighted by Gasteiger charge is -2.07. The average molecular weight is 440 g/mol. The van der Waals surface area contributed by atoms with E-state index in [1.54, 1.807) is 6.92 Å². The molecule has 1 aromatic carbocycles. The quantitative estimate of drug-likeness (QED) is 0.545. The van der Waals surface area contributed by atoms with E-state index in [0.29, 0.717) is 13.1 Å². The van der Waals surface area contributed by atoms with Crippen molar-refractivity contribution in [1.82, 2.24) is 10.6 Å². The Kier molecular flexibility index (Phi) is 11.6. The second-order valence-electron chi connectivity index (χ2n) is 5.46. The van der Waals surface area contributed by atoms with Crippen LogP contribution in [0.2, 0.25) is 0 Å². The minimum Gasteiger partial charge on any atom is -0.460 e. The summed E-state index contributed by atoms with van der Waals surface area (Å²) in [6.45, 7) is 6.83. The third-order valence-corrected chi connectivity index (χ3v) is 3.83. The topological polar surface area (TPSA) is 57.4 Å². The molecular formula is C17H25BrCl2N2O2. The van der Waals surface area contributed by atoms with E-state index >= 15 is 0 Å². The van der Waals surface area contributed by atoms with E-state index in [0.717, 1.165) is 34.6 Å². The molecule has 0 fully saturated rings. The molecule has 1 atom stereocenters. The van der Waals surface area contributed by atoms with Gasteiger partial charge in [-0.1, -0.05) is 15.9 Å². The molecule has 1 aromatic heterocycles. The van der Waals surface area contributed by atoms with Gasteiger partial charge in [0.1, 0.15) is 11.5 Å². The van der Waals surface area contributed by atoms with Crippen LogP contribution >= 0.6 is 40.7 Å². The monoisotopic (exact) mass is 438 g/mol. The van der Waals surface area contributed by atoms with Crippen molar-refractivity contribution in [2.24, 2.45) is 0 Å². The van der Waals surface area contributed by atoms with Gasteiger partial charge in [-0.2, -0.15) is 0 Å². The van der Waals surface area contributed by atoms with Gasteiger partial charge in [0.05, 0.1) is 12.6 Å². The van der Waals surface area contributed by atoms with Gasteiger partial charge in [-0.3, -0.25) is 0 Å². The second kappa shape index (κ2) is 11.9. The summed E-state index contributed by atoms with van der Waals surface area (Å²) in [5.74, 6) is 1.82. The number of hydrogen-bond donors (Lipinski definition) is 3. The Morgan fingerprint density at radius 2 is 1.83 bits per heavy atom. The first-order chi connectivity index (χ1) is 10.6. The summed E-state index contributed by atoms with van der Waals surface area (Å²) < 4.78 is 6.97. The first-order valence-corrected chi connectivity index (χ1v) is 8.30. The molecule has 1 heterocycles. The van der Waals surface area contributed by atoms with Crippen LogP contribution in [-0.4, -0.2) is 30.8 Å². The zero-order valence-corrected chi connectivity index (χ0v) is 17.1. The molecule has 136 valence electrons. The molecule has 4 nitrogen and oxygen atoms in total. The number of hydrogen-bond acceptors (Lipinski definition) is 4. The number of aliphatic hydroxyl groups excluding tert-OH is 1. The highest BCUT2D eigenvalue weighted by Gasteiger charge is 2.07. The summed E-state index contributed by atoms with van der Waals surface area (Å²) in [6, 6.07) is 10.2. The van der Waals surface area contributed by atoms with E-state index in [4.69, 9.17) is 9.52 Å². The fraction of sp³-hybridized carbons (Fsp3) is 0.412. The van der Waals surface area contributed by atoms with E-state index in [-0.39, 0.29) is 30.9 Å². The number of aliphatic hydroxyl groups is 1. The lowest BCUT2D eigenvalue weighted by atomic mass is 10.1. The number of aryl methyl sites for hydroxylation is 1. The van der Waals surface area contributed by atoms with Crippen LogP contribution in [0, 0.1) is 6.92 Å². The predicted octanol–water partition coefficient (Wildman–Crippen LogP) is 3.92. The van der Waals surface area contributed by atoms with E-state index in [1.807, 2.05) is 18.2 Å². The molecule has 0 radical (unpaired) electrons. The molecule has 7 heteroatoms. The molecule has 0 spiro atoms. The molecule has 0 aliphatic carbocycles. The molecule has 2 rings (SSSR count). The lowest BCUT2D eigenvalue weighted by molar-refractivity contribution is 0.191. The van der Waals surface area contributed by atoms with E-state index in [1.165, 1.54) is 5.56 Å². The predicted molar refractivity (Wildman–Crippen MR) is 107 cm³/mol. The Morgan fingerprint density at radius 3 is 2.50 bits per heavy atom. The molecular weight excluding hydrogens is 415 g/mol. The maximum absolute atomic E-state index is 9.14. The summed E-state index contributed by atoms with van der Waals surface area (Å²) >= 11 is 3.48. The first-order valence-electron chi connectivity index (χ1n) is 7.51. The highest BCUT2D eigenvalue weighted by molar-refractivity contribution is 9.10. The van der Waals surface area contributed by atoms with Crippen LogP contribution < -0.4 is 10.6 Å². The molecule has 0 amide bonds. The third-order valence-electron chi connectivity index (χ3n) is 3.33. The summed E-state index contributed by atoms with van der Waals surface area (Å²) in [5.41, 5.74) is 2.30. The van der Waals surface area contributed by atoms with Crippen molar-refractivity contribution in [2.45, 2.75) is 26.5 Å². The summed E-state index contributed by atoms with van der Waals surface area (Å²) in [5, 5.41) is 15.6. The number of benzene rings is 1. The van der Waals surface area contributed by atoms with Gasteiger partial charge in [-0.05, 0) is 49.7 Å². The molecule has 0 bridgehead atoms. The SMILES string of the molecule is Cc1cc(Br)ccc1-c1ccc(CNCCNCC(C)O)o1.Cl.Cl. The molecule has 0 saturated carbocycles. The molecule has 1 unspecified atom stereocenters. The Hall–Kier alpha value is -0.560. The molecule has 2 aromatic rings. The second-order valence-corrected chi connectivity index (χ2v) is 6.37. The molecule has 0 aliphatic rings. The van der Waals surface area contributed by atoms with Gasteiger partial charge >= 0.3 is 0 Å². The minimum absolute atomic E-state index is 0. The van der Waals surface area contributed by atoms with Crippen LogP contribution in [0.15, 0.2) is 39.2 Å². The fourth-order valence-electron chi connectivity index (χ4n) is 2.22. The van der Waals surface area contributed by atoms with Crippen LogP contribution in [0.4, 0.5) is 0 Å². The molecule has 0 saturated heterocycles. The van der Waals surface area contributed by atoms with Gasteiger partial charge in [0.25, 0.3) is 0 Å². The zero-order chi connectivity index (χ0) is 15.9. The van der Waals surface area contributed by atoms with Crippen LogP contribution in [0.3, 0.4) is 0 Å². The molecule has 3 N–H and O–H groups in total. The van der Waals surface area contributed by atoms with Crippen LogP contribution in [0.25, 0.3) is 11.3 Å². The van der Waals surface area contributed by atoms with Crippen LogP contribution in [0.1, 0.15) is 18.2 Å². The van der Waals surface area contributed by atoms with Gasteiger partial charge in [-0.15, -0.1) is 24.8 Å². The third kappa shape index (κ3) is 7.55. The van der Waals surface area contributed by atoms with Gasteiger partial charge in [0.15, 0.2) is 0 Å². The Morgan fingerprint density at radius 1 is 1.12 bits per heavy atom. The average Bonchev–Trinajstić information content (AvgIpc) is 2.91. The fourth-order valence-corrected chi connectivity index (χ4v) is 2.70. The largest absolute Gasteiger partial charge is 0.460 e. The van der Waals surface area contributed by atoms with Gasteiger partial charge in [0, 0.05) is 29.7 Å². The Labute approximate surface area is 164 Å². The Bertz CT molecular complexity index is 606. The van der Waals surface area contributed by atoms with Crippen molar-refractivity contribution in [3.63, 3.8) is 0 Å². The molecule has 24 heavy (non-hydrogen) atoms. The maximum atomic E-state index is 9.14. The summed E-state index contributed by atoms with van der Waals surface area (Å²) in [4.78, 5) is 0. The van der Waals surface area contributed by atoms with E-state index in [2.05, 4.69) is 45.6 Å². The van der Waals surface area contributed by atoms with Crippen molar-refractivity contribution in [1.29, 1.82) is 0 Å². The number of halogens is 3. The van der Waals surface area contributed by atoms with E-state index < -0.39 is 0 Å². The number of rotatable bonds is 8. The van der Waals surface area contributed by atoms with Gasteiger partial charge in [-0.25, -0.2) is 0 Å². The van der Waals surface area contributed by atoms with E-state index in [9.17, 15) is 0 Å². The minimum atomic E-state index is -0.304.